The second-order valence-corrected chi connectivity index (χ2v) is 7.88. The number of ether oxygens (including phenoxy) is 1. The zero-order valence-corrected chi connectivity index (χ0v) is 16.5. The number of nitrogens with two attached hydrogens (primary N) is 1. The Labute approximate surface area is 168 Å². The molecule has 0 saturated heterocycles. The first kappa shape index (κ1) is 20.6. The molecule has 2 bridgehead atoms. The van der Waals surface area contributed by atoms with E-state index in [1.807, 2.05) is 24.3 Å². The van der Waals surface area contributed by atoms with Crippen LogP contribution in [0.5, 0.6) is 5.75 Å². The molecule has 2 aliphatic rings. The van der Waals surface area contributed by atoms with E-state index in [4.69, 9.17) is 5.14 Å². The zero-order chi connectivity index (χ0) is 20.1. The molecule has 2 aromatic rings. The van der Waals surface area contributed by atoms with Crippen LogP contribution in [0.4, 0.5) is 14.5 Å². The largest absolute Gasteiger partial charge is 0.494 e. The molecule has 3 atom stereocenters. The van der Waals surface area contributed by atoms with Crippen molar-refractivity contribution < 1.29 is 18.3 Å². The highest BCUT2D eigenvalue weighted by atomic mass is 32.2. The van der Waals surface area contributed by atoms with E-state index in [1.54, 1.807) is 0 Å². The van der Waals surface area contributed by atoms with E-state index in [0.29, 0.717) is 5.92 Å². The molecule has 2 saturated carbocycles. The number of amides is 1. The van der Waals surface area contributed by atoms with E-state index >= 15 is 0 Å². The normalized spacial score (nSPS) is 22.4. The van der Waals surface area contributed by atoms with Gasteiger partial charge in [-0.2, -0.15) is 4.39 Å². The molecular weight excluding hydrogens is 382 g/mol. The maximum Gasteiger partial charge on any atom is 0.227 e. The van der Waals surface area contributed by atoms with Crippen molar-refractivity contribution in [2.75, 3.05) is 12.4 Å². The molecule has 2 fully saturated rings. The van der Waals surface area contributed by atoms with Gasteiger partial charge < -0.3 is 10.1 Å². The van der Waals surface area contributed by atoms with Crippen LogP contribution in [0.15, 0.2) is 47.4 Å². The molecule has 4 nitrogen and oxygen atoms in total. The highest BCUT2D eigenvalue weighted by Gasteiger charge is 2.42. The van der Waals surface area contributed by atoms with Crippen LogP contribution in [-0.2, 0) is 4.79 Å². The van der Waals surface area contributed by atoms with Gasteiger partial charge in [0.05, 0.1) is 7.11 Å². The van der Waals surface area contributed by atoms with E-state index in [0.717, 1.165) is 29.0 Å². The smallest absolute Gasteiger partial charge is 0.227 e. The molecule has 0 spiro atoms. The van der Waals surface area contributed by atoms with Gasteiger partial charge >= 0.3 is 0 Å². The summed E-state index contributed by atoms with van der Waals surface area (Å²) in [5.41, 5.74) is 0.859. The van der Waals surface area contributed by atoms with Gasteiger partial charge in [0.1, 0.15) is 0 Å². The molecule has 2 aromatic carbocycles. The van der Waals surface area contributed by atoms with Crippen LogP contribution in [0, 0.1) is 29.4 Å². The number of nitrogens with one attached hydrogen (secondary N) is 1. The lowest BCUT2D eigenvalue weighted by atomic mass is 9.88. The Balaban J connectivity index is 0.000000192. The SMILES string of the molecule is COc1cccc(F)c1F.NSc1cccc(NC(=O)C2CC3CCC2C3)c1. The molecular formula is C21H24F2N2O2S. The second kappa shape index (κ2) is 9.39. The van der Waals surface area contributed by atoms with Gasteiger partial charge in [-0.15, -0.1) is 0 Å². The quantitative estimate of drug-likeness (QED) is 0.702. The number of rotatable bonds is 4. The lowest BCUT2D eigenvalue weighted by Crippen LogP contribution is -2.27. The van der Waals surface area contributed by atoms with Crippen LogP contribution < -0.4 is 15.2 Å². The predicted octanol–water partition coefficient (Wildman–Crippen LogP) is 5.00. The Kier molecular flexibility index (Phi) is 6.91. The van der Waals surface area contributed by atoms with Crippen LogP contribution in [0.25, 0.3) is 0 Å². The van der Waals surface area contributed by atoms with Gasteiger partial charge in [0.2, 0.25) is 11.7 Å². The molecule has 0 heterocycles. The first-order chi connectivity index (χ1) is 13.5. The summed E-state index contributed by atoms with van der Waals surface area (Å²) in [5, 5.41) is 8.56. The molecule has 2 aliphatic carbocycles. The third-order valence-corrected chi connectivity index (χ3v) is 5.97. The summed E-state index contributed by atoms with van der Waals surface area (Å²) >= 11 is 1.20. The fourth-order valence-corrected chi connectivity index (χ4v) is 4.44. The van der Waals surface area contributed by atoms with Gasteiger partial charge in [-0.1, -0.05) is 18.6 Å². The van der Waals surface area contributed by atoms with Crippen LogP contribution in [0.3, 0.4) is 0 Å². The van der Waals surface area contributed by atoms with Gasteiger partial charge in [-0.3, -0.25) is 9.93 Å². The number of fused-ring (bicyclic) bond motifs is 2. The average Bonchev–Trinajstić information content (AvgIpc) is 3.34. The van der Waals surface area contributed by atoms with Crippen molar-refractivity contribution >= 4 is 23.5 Å². The summed E-state index contributed by atoms with van der Waals surface area (Å²) in [6.07, 6.45) is 4.91. The summed E-state index contributed by atoms with van der Waals surface area (Å²) in [6, 6.07) is 11.5. The minimum absolute atomic E-state index is 0.0694. The average molecular weight is 406 g/mol. The van der Waals surface area contributed by atoms with Crippen LogP contribution in [-0.4, -0.2) is 13.0 Å². The second-order valence-electron chi connectivity index (χ2n) is 7.17. The number of methoxy groups -OCH3 is 1. The monoisotopic (exact) mass is 406 g/mol. The van der Waals surface area contributed by atoms with Crippen molar-refractivity contribution in [2.45, 2.75) is 30.6 Å². The Hall–Kier alpha value is -2.12. The molecule has 28 heavy (non-hydrogen) atoms. The number of hydrogen-bond acceptors (Lipinski definition) is 4. The predicted molar refractivity (Wildman–Crippen MR) is 107 cm³/mol. The first-order valence-electron chi connectivity index (χ1n) is 9.27. The van der Waals surface area contributed by atoms with E-state index in [1.165, 1.54) is 50.5 Å². The Bertz CT molecular complexity index is 834. The topological polar surface area (TPSA) is 64.3 Å². The number of anilines is 1. The molecule has 7 heteroatoms. The Morgan fingerprint density at radius 2 is 1.96 bits per heavy atom. The molecule has 3 unspecified atom stereocenters. The lowest BCUT2D eigenvalue weighted by Gasteiger charge is -2.20. The number of halogens is 2. The fourth-order valence-electron chi connectivity index (χ4n) is 4.09. The third-order valence-electron chi connectivity index (χ3n) is 5.45. The standard InChI is InChI=1S/C14H18N2OS.C7H6F2O/c15-18-12-3-1-2-11(8-12)16-14(17)13-7-9-4-5-10(13)6-9;1-10-6-4-2-3-5(8)7(6)9/h1-3,8-10,13H,4-7,15H2,(H,16,17);2-4H,1H3. The van der Waals surface area contributed by atoms with Crippen LogP contribution >= 0.6 is 11.9 Å². The fraction of sp³-hybridized carbons (Fsp3) is 0.381. The van der Waals surface area contributed by atoms with Crippen LogP contribution in [0.2, 0.25) is 0 Å². The van der Waals surface area contributed by atoms with Crippen molar-refractivity contribution in [2.24, 2.45) is 22.9 Å². The van der Waals surface area contributed by atoms with E-state index in [-0.39, 0.29) is 17.6 Å². The van der Waals surface area contributed by atoms with Gasteiger partial charge in [-0.25, -0.2) is 4.39 Å². The summed E-state index contributed by atoms with van der Waals surface area (Å²) in [6.45, 7) is 0. The third kappa shape index (κ3) is 4.83. The summed E-state index contributed by atoms with van der Waals surface area (Å²) in [4.78, 5) is 13.2. The van der Waals surface area contributed by atoms with Crippen LogP contribution in [0.1, 0.15) is 25.7 Å². The number of carbonyl (C=O) groups excluding carboxylic acids is 1. The molecule has 0 aromatic heterocycles. The Morgan fingerprint density at radius 3 is 2.57 bits per heavy atom. The summed E-state index contributed by atoms with van der Waals surface area (Å²) in [5.74, 6) is -0.0394. The molecule has 1 amide bonds. The molecule has 4 rings (SSSR count). The van der Waals surface area contributed by atoms with Crippen molar-refractivity contribution in [3.63, 3.8) is 0 Å². The lowest BCUT2D eigenvalue weighted by molar-refractivity contribution is -0.121. The summed E-state index contributed by atoms with van der Waals surface area (Å²) < 4.78 is 29.3. The molecule has 150 valence electrons. The number of hydrogen-bond donors (Lipinski definition) is 2. The summed E-state index contributed by atoms with van der Waals surface area (Å²) in [7, 11) is 1.29. The van der Waals surface area contributed by atoms with Gasteiger partial charge in [0, 0.05) is 16.5 Å². The van der Waals surface area contributed by atoms with E-state index in [2.05, 4.69) is 10.1 Å². The number of carbonyl (C=O) groups is 1. The van der Waals surface area contributed by atoms with Gasteiger partial charge in [0.25, 0.3) is 0 Å². The zero-order valence-electron chi connectivity index (χ0n) is 15.7. The van der Waals surface area contributed by atoms with Crippen molar-refractivity contribution in [3.8, 4) is 5.75 Å². The molecule has 3 N–H and O–H groups in total. The van der Waals surface area contributed by atoms with Crippen molar-refractivity contribution in [1.82, 2.24) is 0 Å². The number of benzene rings is 2. The maximum absolute atomic E-state index is 12.5. The maximum atomic E-state index is 12.5. The Morgan fingerprint density at radius 1 is 1.18 bits per heavy atom. The minimum atomic E-state index is -0.940. The van der Waals surface area contributed by atoms with Crippen molar-refractivity contribution in [1.29, 1.82) is 0 Å². The highest BCUT2D eigenvalue weighted by molar-refractivity contribution is 7.97. The van der Waals surface area contributed by atoms with E-state index in [9.17, 15) is 13.6 Å². The van der Waals surface area contributed by atoms with Gasteiger partial charge in [0.15, 0.2) is 11.6 Å². The van der Waals surface area contributed by atoms with E-state index < -0.39 is 11.6 Å². The van der Waals surface area contributed by atoms with Crippen molar-refractivity contribution in [3.05, 3.63) is 54.1 Å². The molecule has 0 aliphatic heterocycles. The molecule has 0 radical (unpaired) electrons. The van der Waals surface area contributed by atoms with Gasteiger partial charge in [-0.05, 0) is 73.4 Å². The highest BCUT2D eigenvalue weighted by Crippen LogP contribution is 2.48. The minimum Gasteiger partial charge on any atom is -0.494 e. The first-order valence-corrected chi connectivity index (χ1v) is 10.2.